The highest BCUT2D eigenvalue weighted by molar-refractivity contribution is 5.59. The molecule has 0 spiro atoms. The first-order valence-corrected chi connectivity index (χ1v) is 7.52. The Labute approximate surface area is 120 Å². The van der Waals surface area contributed by atoms with Crippen molar-refractivity contribution in [2.45, 2.75) is 24.9 Å². The Morgan fingerprint density at radius 2 is 1.35 bits per heavy atom. The number of piperazine rings is 2. The van der Waals surface area contributed by atoms with Crippen LogP contribution in [0.5, 0.6) is 0 Å². The Balaban J connectivity index is 1.45. The highest BCUT2D eigenvalue weighted by Gasteiger charge is 2.14. The van der Waals surface area contributed by atoms with Crippen molar-refractivity contribution in [3.8, 4) is 0 Å². The van der Waals surface area contributed by atoms with Crippen molar-refractivity contribution in [1.82, 2.24) is 21.3 Å². The normalized spacial score (nSPS) is 27.0. The summed E-state index contributed by atoms with van der Waals surface area (Å²) in [5.74, 6) is 0. The quantitative estimate of drug-likeness (QED) is 0.468. The molecule has 0 radical (unpaired) electrons. The smallest absolute Gasteiger partial charge is 0.434 e. The van der Waals surface area contributed by atoms with Crippen molar-refractivity contribution in [3.63, 3.8) is 0 Å². The summed E-state index contributed by atoms with van der Waals surface area (Å²) in [4.78, 5) is 11.4. The molecule has 0 saturated carbocycles. The highest BCUT2D eigenvalue weighted by Crippen LogP contribution is 1.99. The minimum absolute atomic E-state index is 0.383. The molecule has 7 nitrogen and oxygen atoms in total. The van der Waals surface area contributed by atoms with E-state index in [-0.39, 0.29) is 0 Å². The molecule has 2 fully saturated rings. The summed E-state index contributed by atoms with van der Waals surface area (Å²) in [5, 5.41) is 13.3. The molecule has 2 aliphatic heterocycles. The number of hydrogen-bond donors (Lipinski definition) is 4. The van der Waals surface area contributed by atoms with Gasteiger partial charge in [0.15, 0.2) is 0 Å². The monoisotopic (exact) mass is 286 g/mol. The van der Waals surface area contributed by atoms with E-state index in [4.69, 9.17) is 9.47 Å². The van der Waals surface area contributed by atoms with Crippen LogP contribution in [-0.2, 0) is 9.47 Å². The molecule has 0 amide bonds. The molecule has 2 aliphatic rings. The van der Waals surface area contributed by atoms with E-state index < -0.39 is 6.16 Å². The van der Waals surface area contributed by atoms with Gasteiger partial charge in [0.2, 0.25) is 0 Å². The SMILES string of the molecule is O=C(OCCC1CNCCN1)OCCC1CNCCN1. The first-order chi connectivity index (χ1) is 9.84. The standard InChI is InChI=1S/C13H26N4O3/c18-13(19-7-1-11-9-14-3-5-16-11)20-8-2-12-10-15-4-6-17-12/h11-12,14-17H,1-10H2. The zero-order valence-electron chi connectivity index (χ0n) is 12.0. The van der Waals surface area contributed by atoms with Gasteiger partial charge in [-0.1, -0.05) is 0 Å². The van der Waals surface area contributed by atoms with E-state index in [1.165, 1.54) is 0 Å². The Morgan fingerprint density at radius 1 is 0.850 bits per heavy atom. The van der Waals surface area contributed by atoms with E-state index in [0.717, 1.165) is 52.1 Å². The summed E-state index contributed by atoms with van der Waals surface area (Å²) >= 11 is 0. The first kappa shape index (κ1) is 15.5. The molecule has 2 heterocycles. The molecule has 2 unspecified atom stereocenters. The van der Waals surface area contributed by atoms with Crippen molar-refractivity contribution in [2.75, 3.05) is 52.5 Å². The van der Waals surface area contributed by atoms with E-state index in [1.54, 1.807) is 0 Å². The van der Waals surface area contributed by atoms with Crippen LogP contribution in [0.1, 0.15) is 12.8 Å². The third-order valence-electron chi connectivity index (χ3n) is 3.62. The van der Waals surface area contributed by atoms with Crippen LogP contribution in [0.2, 0.25) is 0 Å². The van der Waals surface area contributed by atoms with E-state index >= 15 is 0 Å². The van der Waals surface area contributed by atoms with Crippen LogP contribution in [0, 0.1) is 0 Å². The number of ether oxygens (including phenoxy) is 2. The van der Waals surface area contributed by atoms with Gasteiger partial charge in [-0.25, -0.2) is 4.79 Å². The van der Waals surface area contributed by atoms with Crippen LogP contribution in [0.3, 0.4) is 0 Å². The van der Waals surface area contributed by atoms with E-state index in [9.17, 15) is 4.79 Å². The van der Waals surface area contributed by atoms with Gasteiger partial charge >= 0.3 is 6.16 Å². The molecule has 116 valence electrons. The Hall–Kier alpha value is -0.890. The van der Waals surface area contributed by atoms with Crippen LogP contribution in [0.25, 0.3) is 0 Å². The first-order valence-electron chi connectivity index (χ1n) is 7.52. The minimum Gasteiger partial charge on any atom is -0.434 e. The van der Waals surface area contributed by atoms with Crippen LogP contribution in [0.15, 0.2) is 0 Å². The summed E-state index contributed by atoms with van der Waals surface area (Å²) in [6.07, 6.45) is 1.07. The predicted octanol–water partition coefficient (Wildman–Crippen LogP) is -0.957. The second kappa shape index (κ2) is 9.12. The lowest BCUT2D eigenvalue weighted by molar-refractivity contribution is 0.0495. The predicted molar refractivity (Wildman–Crippen MR) is 75.9 cm³/mol. The highest BCUT2D eigenvalue weighted by atomic mass is 16.7. The van der Waals surface area contributed by atoms with Crippen molar-refractivity contribution in [3.05, 3.63) is 0 Å². The summed E-state index contributed by atoms with van der Waals surface area (Å²) in [6, 6.07) is 0.767. The van der Waals surface area contributed by atoms with E-state index in [0.29, 0.717) is 25.3 Å². The molecule has 0 aromatic rings. The number of carbonyl (C=O) groups excluding carboxylic acids is 1. The molecular weight excluding hydrogens is 260 g/mol. The van der Waals surface area contributed by atoms with Gasteiger partial charge in [0.25, 0.3) is 0 Å². The lowest BCUT2D eigenvalue weighted by atomic mass is 10.2. The fraction of sp³-hybridized carbons (Fsp3) is 0.923. The molecule has 0 aliphatic carbocycles. The second-order valence-corrected chi connectivity index (χ2v) is 5.23. The molecule has 0 bridgehead atoms. The average Bonchev–Trinajstić information content (AvgIpc) is 2.49. The number of carbonyl (C=O) groups is 1. The molecule has 0 aromatic heterocycles. The molecule has 2 atom stereocenters. The summed E-state index contributed by atoms with van der Waals surface area (Å²) < 4.78 is 10.1. The maximum absolute atomic E-state index is 11.4. The molecule has 4 N–H and O–H groups in total. The molecule has 2 saturated heterocycles. The number of nitrogens with one attached hydrogen (secondary N) is 4. The average molecular weight is 286 g/mol. The van der Waals surface area contributed by atoms with Gasteiger partial charge in [0.1, 0.15) is 0 Å². The zero-order valence-corrected chi connectivity index (χ0v) is 12.0. The molecule has 2 rings (SSSR count). The van der Waals surface area contributed by atoms with Gasteiger partial charge < -0.3 is 30.7 Å². The van der Waals surface area contributed by atoms with E-state index in [1.807, 2.05) is 0 Å². The zero-order chi connectivity index (χ0) is 14.0. The van der Waals surface area contributed by atoms with Gasteiger partial charge in [-0.3, -0.25) is 0 Å². The van der Waals surface area contributed by atoms with Gasteiger partial charge in [0.05, 0.1) is 13.2 Å². The lowest BCUT2D eigenvalue weighted by Crippen LogP contribution is -2.48. The third-order valence-corrected chi connectivity index (χ3v) is 3.62. The second-order valence-electron chi connectivity index (χ2n) is 5.23. The summed E-state index contributed by atoms with van der Waals surface area (Å²) in [5.41, 5.74) is 0. The summed E-state index contributed by atoms with van der Waals surface area (Å²) in [7, 11) is 0. The fourth-order valence-electron chi connectivity index (χ4n) is 2.45. The molecule has 0 aromatic carbocycles. The largest absolute Gasteiger partial charge is 0.508 e. The minimum atomic E-state index is -0.558. The molecule has 20 heavy (non-hydrogen) atoms. The maximum atomic E-state index is 11.4. The van der Waals surface area contributed by atoms with Crippen molar-refractivity contribution < 1.29 is 14.3 Å². The van der Waals surface area contributed by atoms with Gasteiger partial charge in [-0.15, -0.1) is 0 Å². The van der Waals surface area contributed by atoms with Crippen molar-refractivity contribution in [1.29, 1.82) is 0 Å². The van der Waals surface area contributed by atoms with Crippen LogP contribution < -0.4 is 21.3 Å². The van der Waals surface area contributed by atoms with E-state index in [2.05, 4.69) is 21.3 Å². The van der Waals surface area contributed by atoms with Gasteiger partial charge in [0, 0.05) is 51.4 Å². The van der Waals surface area contributed by atoms with Crippen LogP contribution in [0.4, 0.5) is 4.79 Å². The van der Waals surface area contributed by atoms with Crippen molar-refractivity contribution >= 4 is 6.16 Å². The third kappa shape index (κ3) is 6.04. The van der Waals surface area contributed by atoms with Gasteiger partial charge in [-0.05, 0) is 12.8 Å². The summed E-state index contributed by atoms with van der Waals surface area (Å²) in [6.45, 7) is 6.61. The Kier molecular flexibility index (Phi) is 7.07. The number of hydrogen-bond acceptors (Lipinski definition) is 7. The Morgan fingerprint density at radius 3 is 1.75 bits per heavy atom. The van der Waals surface area contributed by atoms with Gasteiger partial charge in [-0.2, -0.15) is 0 Å². The number of rotatable bonds is 6. The van der Waals surface area contributed by atoms with Crippen LogP contribution in [-0.4, -0.2) is 70.7 Å². The lowest BCUT2D eigenvalue weighted by Gasteiger charge is -2.24. The van der Waals surface area contributed by atoms with Crippen molar-refractivity contribution in [2.24, 2.45) is 0 Å². The topological polar surface area (TPSA) is 83.7 Å². The molecular formula is C13H26N4O3. The Bertz CT molecular complexity index is 253. The molecule has 7 heteroatoms. The maximum Gasteiger partial charge on any atom is 0.508 e. The fourth-order valence-corrected chi connectivity index (χ4v) is 2.45. The van der Waals surface area contributed by atoms with Crippen LogP contribution >= 0.6 is 0 Å².